The SMILES string of the molecule is Cc1cc(C)nc(NC(=O)c2cccc3cnc(NC4CCC(O)CC4)nc23)n1. The van der Waals surface area contributed by atoms with Crippen LogP contribution in [0.1, 0.15) is 47.4 Å². The van der Waals surface area contributed by atoms with Crippen molar-refractivity contribution in [2.75, 3.05) is 10.6 Å². The van der Waals surface area contributed by atoms with Crippen molar-refractivity contribution in [3.63, 3.8) is 0 Å². The number of aliphatic hydroxyl groups is 1. The summed E-state index contributed by atoms with van der Waals surface area (Å²) in [5, 5.41) is 16.6. The number of amides is 1. The highest BCUT2D eigenvalue weighted by Gasteiger charge is 2.20. The lowest BCUT2D eigenvalue weighted by Gasteiger charge is -2.26. The Kier molecular flexibility index (Phi) is 5.35. The molecule has 2 aromatic heterocycles. The number of nitrogens with zero attached hydrogens (tertiary/aromatic N) is 4. The van der Waals surface area contributed by atoms with E-state index in [1.807, 2.05) is 26.0 Å². The molecule has 0 atom stereocenters. The van der Waals surface area contributed by atoms with Crippen molar-refractivity contribution in [3.8, 4) is 0 Å². The van der Waals surface area contributed by atoms with Gasteiger partial charge in [0.05, 0.1) is 17.2 Å². The van der Waals surface area contributed by atoms with E-state index in [0.717, 1.165) is 42.5 Å². The summed E-state index contributed by atoms with van der Waals surface area (Å²) in [5.74, 6) is 0.450. The smallest absolute Gasteiger partial charge is 0.260 e. The maximum absolute atomic E-state index is 12.9. The number of aromatic nitrogens is 4. The number of nitrogens with one attached hydrogen (secondary N) is 2. The zero-order chi connectivity index (χ0) is 20.4. The van der Waals surface area contributed by atoms with Crippen molar-refractivity contribution >= 4 is 28.7 Å². The van der Waals surface area contributed by atoms with Gasteiger partial charge in [0.2, 0.25) is 11.9 Å². The molecule has 8 heteroatoms. The van der Waals surface area contributed by atoms with Crippen molar-refractivity contribution in [1.29, 1.82) is 0 Å². The van der Waals surface area contributed by atoms with E-state index in [0.29, 0.717) is 17.0 Å². The lowest BCUT2D eigenvalue weighted by Crippen LogP contribution is -2.29. The lowest BCUT2D eigenvalue weighted by molar-refractivity contribution is 0.102. The molecule has 150 valence electrons. The molecular formula is C21H24N6O2. The Hall–Kier alpha value is -3.13. The minimum atomic E-state index is -0.314. The fraction of sp³-hybridized carbons (Fsp3) is 0.381. The summed E-state index contributed by atoms with van der Waals surface area (Å²) in [6.45, 7) is 3.72. The summed E-state index contributed by atoms with van der Waals surface area (Å²) in [6, 6.07) is 7.48. The van der Waals surface area contributed by atoms with Crippen molar-refractivity contribution in [3.05, 3.63) is 47.4 Å². The maximum atomic E-state index is 12.9. The van der Waals surface area contributed by atoms with Gasteiger partial charge in [0.1, 0.15) is 0 Å². The number of rotatable bonds is 4. The number of carbonyl (C=O) groups is 1. The van der Waals surface area contributed by atoms with Gasteiger partial charge in [-0.05, 0) is 51.7 Å². The van der Waals surface area contributed by atoms with E-state index >= 15 is 0 Å². The summed E-state index contributed by atoms with van der Waals surface area (Å²) >= 11 is 0. The van der Waals surface area contributed by atoms with Crippen molar-refractivity contribution in [2.24, 2.45) is 0 Å². The third-order valence-corrected chi connectivity index (χ3v) is 5.09. The van der Waals surface area contributed by atoms with E-state index < -0.39 is 0 Å². The third kappa shape index (κ3) is 4.48. The molecule has 0 aliphatic heterocycles. The highest BCUT2D eigenvalue weighted by atomic mass is 16.3. The zero-order valence-electron chi connectivity index (χ0n) is 16.5. The highest BCUT2D eigenvalue weighted by Crippen LogP contribution is 2.23. The Morgan fingerprint density at radius 3 is 2.48 bits per heavy atom. The number of aliphatic hydroxyl groups excluding tert-OH is 1. The van der Waals surface area contributed by atoms with Gasteiger partial charge in [-0.15, -0.1) is 0 Å². The molecule has 1 fully saturated rings. The molecule has 8 nitrogen and oxygen atoms in total. The number of fused-ring (bicyclic) bond motifs is 1. The normalized spacial score (nSPS) is 19.1. The molecule has 0 radical (unpaired) electrons. The summed E-state index contributed by atoms with van der Waals surface area (Å²) in [7, 11) is 0. The van der Waals surface area contributed by atoms with Crippen LogP contribution in [0.5, 0.6) is 0 Å². The lowest BCUT2D eigenvalue weighted by atomic mass is 9.93. The number of hydrogen-bond donors (Lipinski definition) is 3. The van der Waals surface area contributed by atoms with E-state index in [2.05, 4.69) is 30.6 Å². The first-order valence-electron chi connectivity index (χ1n) is 9.82. The van der Waals surface area contributed by atoms with Gasteiger partial charge in [-0.2, -0.15) is 0 Å². The second kappa shape index (κ2) is 8.08. The van der Waals surface area contributed by atoms with E-state index in [1.165, 1.54) is 0 Å². The molecule has 1 amide bonds. The molecule has 3 N–H and O–H groups in total. The van der Waals surface area contributed by atoms with E-state index in [4.69, 9.17) is 0 Å². The van der Waals surface area contributed by atoms with Crippen molar-refractivity contribution < 1.29 is 9.90 Å². The van der Waals surface area contributed by atoms with Crippen LogP contribution < -0.4 is 10.6 Å². The second-order valence-electron chi connectivity index (χ2n) is 7.52. The van der Waals surface area contributed by atoms with Crippen LogP contribution >= 0.6 is 0 Å². The van der Waals surface area contributed by atoms with Gasteiger partial charge in [-0.25, -0.2) is 19.9 Å². The molecule has 0 saturated heterocycles. The molecule has 4 rings (SSSR count). The van der Waals surface area contributed by atoms with Crippen LogP contribution in [0, 0.1) is 13.8 Å². The van der Waals surface area contributed by atoms with Crippen LogP contribution in [0.4, 0.5) is 11.9 Å². The Balaban J connectivity index is 1.59. The standard InChI is InChI=1S/C21H24N6O2/c1-12-10-13(2)24-21(23-12)27-19(29)17-5-3-4-14-11-22-20(26-18(14)17)25-15-6-8-16(28)9-7-15/h3-5,10-11,15-16,28H,6-9H2,1-2H3,(H,22,25,26)(H,23,24,27,29). The molecule has 29 heavy (non-hydrogen) atoms. The maximum Gasteiger partial charge on any atom is 0.260 e. The number of anilines is 2. The molecule has 0 spiro atoms. The van der Waals surface area contributed by atoms with Gasteiger partial charge in [0.15, 0.2) is 0 Å². The topological polar surface area (TPSA) is 113 Å². The highest BCUT2D eigenvalue weighted by molar-refractivity contribution is 6.11. The van der Waals surface area contributed by atoms with Crippen LogP contribution in [0.3, 0.4) is 0 Å². The monoisotopic (exact) mass is 392 g/mol. The van der Waals surface area contributed by atoms with Crippen molar-refractivity contribution in [2.45, 2.75) is 51.7 Å². The van der Waals surface area contributed by atoms with E-state index in [1.54, 1.807) is 18.3 Å². The molecular weight excluding hydrogens is 368 g/mol. The first-order chi connectivity index (χ1) is 14.0. The van der Waals surface area contributed by atoms with Crippen LogP contribution in [0.25, 0.3) is 10.9 Å². The molecule has 0 unspecified atom stereocenters. The zero-order valence-corrected chi connectivity index (χ0v) is 16.5. The van der Waals surface area contributed by atoms with Gasteiger partial charge in [0, 0.05) is 29.0 Å². The Morgan fingerprint density at radius 2 is 1.76 bits per heavy atom. The third-order valence-electron chi connectivity index (χ3n) is 5.09. The Labute approximate surface area is 168 Å². The minimum absolute atomic E-state index is 0.214. The van der Waals surface area contributed by atoms with Crippen LogP contribution in [0.15, 0.2) is 30.5 Å². The number of carbonyl (C=O) groups excluding carboxylic acids is 1. The molecule has 0 bridgehead atoms. The van der Waals surface area contributed by atoms with Gasteiger partial charge in [-0.3, -0.25) is 10.1 Å². The van der Waals surface area contributed by atoms with Gasteiger partial charge in [-0.1, -0.05) is 12.1 Å². The molecule has 2 heterocycles. The minimum Gasteiger partial charge on any atom is -0.393 e. The van der Waals surface area contributed by atoms with E-state index in [-0.39, 0.29) is 24.0 Å². The number of aryl methyl sites for hydroxylation is 2. The first kappa shape index (κ1) is 19.2. The Bertz CT molecular complexity index is 1030. The predicted molar refractivity (Wildman–Crippen MR) is 111 cm³/mol. The largest absolute Gasteiger partial charge is 0.393 e. The molecule has 1 aliphatic carbocycles. The summed E-state index contributed by atoms with van der Waals surface area (Å²) in [6.07, 6.45) is 4.79. The first-order valence-corrected chi connectivity index (χ1v) is 9.82. The molecule has 1 aromatic carbocycles. The number of hydrogen-bond acceptors (Lipinski definition) is 7. The summed E-state index contributed by atoms with van der Waals surface area (Å²) < 4.78 is 0. The summed E-state index contributed by atoms with van der Waals surface area (Å²) in [5.41, 5.74) is 2.59. The van der Waals surface area contributed by atoms with Crippen LogP contribution in [-0.4, -0.2) is 43.1 Å². The number of benzene rings is 1. The van der Waals surface area contributed by atoms with Gasteiger partial charge < -0.3 is 10.4 Å². The van der Waals surface area contributed by atoms with Gasteiger partial charge in [0.25, 0.3) is 5.91 Å². The summed E-state index contributed by atoms with van der Waals surface area (Å²) in [4.78, 5) is 30.4. The fourth-order valence-electron chi connectivity index (χ4n) is 3.66. The quantitative estimate of drug-likeness (QED) is 0.625. The fourth-order valence-corrected chi connectivity index (χ4v) is 3.66. The van der Waals surface area contributed by atoms with Crippen LogP contribution in [0.2, 0.25) is 0 Å². The second-order valence-corrected chi connectivity index (χ2v) is 7.52. The average Bonchev–Trinajstić information content (AvgIpc) is 2.68. The Morgan fingerprint density at radius 1 is 1.03 bits per heavy atom. The number of para-hydroxylation sites is 1. The van der Waals surface area contributed by atoms with Gasteiger partial charge >= 0.3 is 0 Å². The molecule has 1 aliphatic rings. The average molecular weight is 392 g/mol. The van der Waals surface area contributed by atoms with E-state index in [9.17, 15) is 9.90 Å². The predicted octanol–water partition coefficient (Wildman–Crippen LogP) is 3.00. The van der Waals surface area contributed by atoms with Crippen LogP contribution in [-0.2, 0) is 0 Å². The van der Waals surface area contributed by atoms with Crippen molar-refractivity contribution in [1.82, 2.24) is 19.9 Å². The molecule has 1 saturated carbocycles. The molecule has 3 aromatic rings.